The Kier molecular flexibility index (Phi) is 7.67. The molecule has 11 heteroatoms. The zero-order valence-corrected chi connectivity index (χ0v) is 16.5. The van der Waals surface area contributed by atoms with Crippen LogP contribution in [0.25, 0.3) is 0 Å². The Labute approximate surface area is 163 Å². The predicted octanol–water partition coefficient (Wildman–Crippen LogP) is 1.07. The lowest BCUT2D eigenvalue weighted by molar-refractivity contribution is -0.143. The van der Waals surface area contributed by atoms with Gasteiger partial charge in [-0.15, -0.1) is 0 Å². The van der Waals surface area contributed by atoms with E-state index >= 15 is 0 Å². The Hall–Kier alpha value is -1.85. The molecule has 1 unspecified atom stereocenters. The molecule has 0 radical (unpaired) electrons. The van der Waals surface area contributed by atoms with Crippen LogP contribution in [-0.4, -0.2) is 64.2 Å². The topological polar surface area (TPSA) is 99.8 Å². The second-order valence-corrected chi connectivity index (χ2v) is 8.24. The van der Waals surface area contributed by atoms with Crippen LogP contribution < -0.4 is 15.8 Å². The third kappa shape index (κ3) is 7.64. The summed E-state index contributed by atoms with van der Waals surface area (Å²) in [5, 5.41) is 11.3. The summed E-state index contributed by atoms with van der Waals surface area (Å²) in [6.45, 7) is 2.81. The summed E-state index contributed by atoms with van der Waals surface area (Å²) >= 11 is 0. The number of guanidine groups is 1. The summed E-state index contributed by atoms with van der Waals surface area (Å²) < 4.78 is 60.0. The SMILES string of the molecule is CCNC(=NCCc1ccc(S(N)(=O)=O)cc1)NC1CCN(CC(F)(F)F)C1. The number of nitrogens with zero attached hydrogens (tertiary/aromatic N) is 2. The maximum atomic E-state index is 12.5. The van der Waals surface area contributed by atoms with Crippen molar-refractivity contribution in [3.05, 3.63) is 29.8 Å². The number of hydrogen-bond donors (Lipinski definition) is 3. The van der Waals surface area contributed by atoms with Crippen molar-refractivity contribution >= 4 is 16.0 Å². The van der Waals surface area contributed by atoms with E-state index in [1.54, 1.807) is 12.1 Å². The molecule has 1 fully saturated rings. The number of halogens is 3. The zero-order valence-electron chi connectivity index (χ0n) is 15.7. The van der Waals surface area contributed by atoms with Crippen molar-refractivity contribution in [1.29, 1.82) is 0 Å². The fourth-order valence-electron chi connectivity index (χ4n) is 3.00. The zero-order chi connectivity index (χ0) is 20.8. The summed E-state index contributed by atoms with van der Waals surface area (Å²) in [6.07, 6.45) is -2.98. The van der Waals surface area contributed by atoms with E-state index in [0.29, 0.717) is 45.0 Å². The van der Waals surface area contributed by atoms with Gasteiger partial charge in [-0.1, -0.05) is 12.1 Å². The largest absolute Gasteiger partial charge is 0.401 e. The van der Waals surface area contributed by atoms with E-state index in [1.165, 1.54) is 17.0 Å². The number of likely N-dealkylation sites (tertiary alicyclic amines) is 1. The van der Waals surface area contributed by atoms with Crippen LogP contribution in [0.15, 0.2) is 34.2 Å². The van der Waals surface area contributed by atoms with Crippen LogP contribution in [0.3, 0.4) is 0 Å². The standard InChI is InChI=1S/C17H26F3N5O2S/c1-2-22-16(24-14-8-10-25(11-14)12-17(18,19)20)23-9-7-13-3-5-15(6-4-13)28(21,26)27/h3-6,14H,2,7-12H2,1H3,(H2,21,26,27)(H2,22,23,24). The molecule has 1 heterocycles. The highest BCUT2D eigenvalue weighted by Crippen LogP contribution is 2.19. The Balaban J connectivity index is 1.87. The highest BCUT2D eigenvalue weighted by Gasteiger charge is 2.34. The van der Waals surface area contributed by atoms with Crippen LogP contribution in [0.2, 0.25) is 0 Å². The highest BCUT2D eigenvalue weighted by molar-refractivity contribution is 7.89. The summed E-state index contributed by atoms with van der Waals surface area (Å²) in [5.74, 6) is 0.558. The van der Waals surface area contributed by atoms with Gasteiger partial charge in [0.05, 0.1) is 11.4 Å². The predicted molar refractivity (Wildman–Crippen MR) is 102 cm³/mol. The molecule has 1 atom stereocenters. The van der Waals surface area contributed by atoms with Gasteiger partial charge < -0.3 is 10.6 Å². The number of nitrogens with two attached hydrogens (primary N) is 1. The van der Waals surface area contributed by atoms with Crippen molar-refractivity contribution < 1.29 is 21.6 Å². The van der Waals surface area contributed by atoms with Crippen molar-refractivity contribution in [2.24, 2.45) is 10.1 Å². The molecule has 4 N–H and O–H groups in total. The van der Waals surface area contributed by atoms with Gasteiger partial charge in [-0.25, -0.2) is 13.6 Å². The lowest BCUT2D eigenvalue weighted by Crippen LogP contribution is -2.45. The minimum absolute atomic E-state index is 0.0550. The first-order valence-electron chi connectivity index (χ1n) is 9.02. The number of alkyl halides is 3. The van der Waals surface area contributed by atoms with E-state index in [4.69, 9.17) is 5.14 Å². The Morgan fingerprint density at radius 3 is 2.57 bits per heavy atom. The van der Waals surface area contributed by atoms with Crippen LogP contribution >= 0.6 is 0 Å². The molecule has 0 aromatic heterocycles. The minimum atomic E-state index is -4.19. The molecule has 1 aliphatic heterocycles. The number of hydrogen-bond acceptors (Lipinski definition) is 4. The molecule has 0 bridgehead atoms. The summed E-state index contributed by atoms with van der Waals surface area (Å²) in [5.41, 5.74) is 0.907. The summed E-state index contributed by atoms with van der Waals surface area (Å²) in [7, 11) is -3.71. The molecule has 2 rings (SSSR count). The molecule has 7 nitrogen and oxygen atoms in total. The average Bonchev–Trinajstić information content (AvgIpc) is 2.99. The molecular formula is C17H26F3N5O2S. The maximum absolute atomic E-state index is 12.5. The maximum Gasteiger partial charge on any atom is 0.401 e. The lowest BCUT2D eigenvalue weighted by Gasteiger charge is -2.19. The van der Waals surface area contributed by atoms with Gasteiger partial charge in [0, 0.05) is 32.2 Å². The molecule has 158 valence electrons. The first-order chi connectivity index (χ1) is 13.1. The molecule has 1 aromatic carbocycles. The van der Waals surface area contributed by atoms with Gasteiger partial charge in [0.1, 0.15) is 0 Å². The minimum Gasteiger partial charge on any atom is -0.357 e. The number of benzene rings is 1. The number of primary sulfonamides is 1. The molecule has 0 saturated carbocycles. The molecular weight excluding hydrogens is 395 g/mol. The van der Waals surface area contributed by atoms with Gasteiger partial charge in [0.25, 0.3) is 0 Å². The fourth-order valence-corrected chi connectivity index (χ4v) is 3.52. The van der Waals surface area contributed by atoms with E-state index in [2.05, 4.69) is 15.6 Å². The molecule has 0 aliphatic carbocycles. The van der Waals surface area contributed by atoms with Crippen LogP contribution in [-0.2, 0) is 16.4 Å². The van der Waals surface area contributed by atoms with Crippen LogP contribution in [0.1, 0.15) is 18.9 Å². The second kappa shape index (κ2) is 9.57. The van der Waals surface area contributed by atoms with E-state index in [0.717, 1.165) is 5.56 Å². The molecule has 1 aliphatic rings. The van der Waals surface area contributed by atoms with Gasteiger partial charge in [-0.3, -0.25) is 9.89 Å². The fraction of sp³-hybridized carbons (Fsp3) is 0.588. The Morgan fingerprint density at radius 2 is 2.00 bits per heavy atom. The second-order valence-electron chi connectivity index (χ2n) is 6.68. The molecule has 1 saturated heterocycles. The number of sulfonamides is 1. The first kappa shape index (κ1) is 22.4. The van der Waals surface area contributed by atoms with Crippen LogP contribution in [0.4, 0.5) is 13.2 Å². The number of nitrogens with one attached hydrogen (secondary N) is 2. The average molecular weight is 421 g/mol. The Morgan fingerprint density at radius 1 is 1.32 bits per heavy atom. The van der Waals surface area contributed by atoms with E-state index in [-0.39, 0.29) is 10.9 Å². The van der Waals surface area contributed by atoms with Gasteiger partial charge in [-0.2, -0.15) is 13.2 Å². The van der Waals surface area contributed by atoms with Crippen molar-refractivity contribution in [1.82, 2.24) is 15.5 Å². The molecule has 0 spiro atoms. The van der Waals surface area contributed by atoms with Gasteiger partial charge in [0.15, 0.2) is 5.96 Å². The third-order valence-corrected chi connectivity index (χ3v) is 5.21. The van der Waals surface area contributed by atoms with E-state index in [1.807, 2.05) is 6.92 Å². The number of rotatable bonds is 7. The third-order valence-electron chi connectivity index (χ3n) is 4.28. The van der Waals surface area contributed by atoms with Gasteiger partial charge in [0.2, 0.25) is 10.0 Å². The Bertz CT molecular complexity index is 766. The van der Waals surface area contributed by atoms with Crippen molar-refractivity contribution in [2.75, 3.05) is 32.7 Å². The van der Waals surface area contributed by atoms with Crippen molar-refractivity contribution in [3.8, 4) is 0 Å². The summed E-state index contributed by atoms with van der Waals surface area (Å²) in [4.78, 5) is 5.89. The van der Waals surface area contributed by atoms with Crippen LogP contribution in [0, 0.1) is 0 Å². The highest BCUT2D eigenvalue weighted by atomic mass is 32.2. The molecule has 0 amide bonds. The van der Waals surface area contributed by atoms with Crippen LogP contribution in [0.5, 0.6) is 0 Å². The molecule has 28 heavy (non-hydrogen) atoms. The van der Waals surface area contributed by atoms with E-state index < -0.39 is 22.7 Å². The smallest absolute Gasteiger partial charge is 0.357 e. The van der Waals surface area contributed by atoms with Crippen molar-refractivity contribution in [2.45, 2.75) is 36.9 Å². The quantitative estimate of drug-likeness (QED) is 0.452. The van der Waals surface area contributed by atoms with Gasteiger partial charge in [-0.05, 0) is 37.5 Å². The first-order valence-corrected chi connectivity index (χ1v) is 10.6. The number of aliphatic imine (C=N–C) groups is 1. The summed E-state index contributed by atoms with van der Waals surface area (Å²) in [6, 6.07) is 6.18. The lowest BCUT2D eigenvalue weighted by atomic mass is 10.1. The van der Waals surface area contributed by atoms with Gasteiger partial charge >= 0.3 is 6.18 Å². The normalized spacial score (nSPS) is 19.0. The molecule has 1 aromatic rings. The van der Waals surface area contributed by atoms with Crippen molar-refractivity contribution in [3.63, 3.8) is 0 Å². The monoisotopic (exact) mass is 421 g/mol. The van der Waals surface area contributed by atoms with E-state index in [9.17, 15) is 21.6 Å².